The van der Waals surface area contributed by atoms with Crippen LogP contribution < -0.4 is 10.1 Å². The lowest BCUT2D eigenvalue weighted by molar-refractivity contribution is 0.405. The van der Waals surface area contributed by atoms with Crippen molar-refractivity contribution in [2.24, 2.45) is 0 Å². The third-order valence-corrected chi connectivity index (χ3v) is 4.67. The van der Waals surface area contributed by atoms with Gasteiger partial charge < -0.3 is 14.5 Å². The fourth-order valence-electron chi connectivity index (χ4n) is 3.12. The number of benzene rings is 1. The van der Waals surface area contributed by atoms with E-state index in [1.54, 1.807) is 7.11 Å². The van der Waals surface area contributed by atoms with E-state index in [1.807, 2.05) is 0 Å². The van der Waals surface area contributed by atoms with Crippen LogP contribution in [-0.2, 0) is 13.0 Å². The molecule has 0 aliphatic heterocycles. The van der Waals surface area contributed by atoms with E-state index in [0.717, 1.165) is 30.1 Å². The lowest BCUT2D eigenvalue weighted by Gasteiger charge is -2.04. The van der Waals surface area contributed by atoms with E-state index in [-0.39, 0.29) is 0 Å². The maximum absolute atomic E-state index is 6.21. The highest BCUT2D eigenvalue weighted by molar-refractivity contribution is 5.89. The van der Waals surface area contributed by atoms with Crippen LogP contribution in [0.3, 0.4) is 0 Å². The SMILES string of the molecule is CCc1cc(OC)c2oc(CNC3CC3)c(C3CC3)c2c1. The molecule has 2 aliphatic carbocycles. The predicted octanol–water partition coefficient (Wildman–Crippen LogP) is 4.13. The maximum atomic E-state index is 6.21. The monoisotopic (exact) mass is 285 g/mol. The molecule has 0 spiro atoms. The lowest BCUT2D eigenvalue weighted by Crippen LogP contribution is -2.15. The summed E-state index contributed by atoms with van der Waals surface area (Å²) in [6.45, 7) is 3.04. The lowest BCUT2D eigenvalue weighted by atomic mass is 10.0. The Morgan fingerprint density at radius 2 is 2.05 bits per heavy atom. The average Bonchev–Trinajstić information content (AvgIpc) is 3.42. The molecule has 21 heavy (non-hydrogen) atoms. The molecule has 0 atom stereocenters. The summed E-state index contributed by atoms with van der Waals surface area (Å²) in [6.07, 6.45) is 6.23. The first-order valence-corrected chi connectivity index (χ1v) is 8.15. The molecule has 3 nitrogen and oxygen atoms in total. The second-order valence-electron chi connectivity index (χ2n) is 6.40. The first-order chi connectivity index (χ1) is 10.3. The zero-order valence-electron chi connectivity index (χ0n) is 12.9. The summed E-state index contributed by atoms with van der Waals surface area (Å²) in [5.74, 6) is 2.70. The molecule has 0 unspecified atom stereocenters. The van der Waals surface area contributed by atoms with Gasteiger partial charge in [-0.3, -0.25) is 0 Å². The van der Waals surface area contributed by atoms with Crippen LogP contribution in [0.2, 0.25) is 0 Å². The Labute approximate surface area is 125 Å². The standard InChI is InChI=1S/C18H23NO2/c1-3-11-8-14-17(12-4-5-12)16(10-19-13-6-7-13)21-18(14)15(9-11)20-2/h8-9,12-13,19H,3-7,10H2,1-2H3. The normalized spacial score (nSPS) is 18.4. The van der Waals surface area contributed by atoms with Crippen molar-refractivity contribution < 1.29 is 9.15 Å². The molecule has 1 aromatic heterocycles. The molecule has 1 heterocycles. The number of methoxy groups -OCH3 is 1. The van der Waals surface area contributed by atoms with Gasteiger partial charge in [-0.05, 0) is 55.7 Å². The molecule has 0 amide bonds. The fourth-order valence-corrected chi connectivity index (χ4v) is 3.12. The van der Waals surface area contributed by atoms with Gasteiger partial charge in [0.1, 0.15) is 5.76 Å². The molecular formula is C18H23NO2. The number of ether oxygens (including phenoxy) is 1. The largest absolute Gasteiger partial charge is 0.493 e. The van der Waals surface area contributed by atoms with E-state index in [4.69, 9.17) is 9.15 Å². The highest BCUT2D eigenvalue weighted by Crippen LogP contribution is 2.48. The van der Waals surface area contributed by atoms with Crippen molar-refractivity contribution in [2.45, 2.75) is 57.5 Å². The summed E-state index contributed by atoms with van der Waals surface area (Å²) >= 11 is 0. The first-order valence-electron chi connectivity index (χ1n) is 8.15. The third-order valence-electron chi connectivity index (χ3n) is 4.67. The number of fused-ring (bicyclic) bond motifs is 1. The zero-order valence-corrected chi connectivity index (χ0v) is 12.9. The van der Waals surface area contributed by atoms with Gasteiger partial charge in [0, 0.05) is 17.0 Å². The minimum atomic E-state index is 0.694. The Kier molecular flexibility index (Phi) is 3.18. The van der Waals surface area contributed by atoms with Gasteiger partial charge in [-0.2, -0.15) is 0 Å². The molecule has 0 bridgehead atoms. The summed E-state index contributed by atoms with van der Waals surface area (Å²) in [4.78, 5) is 0. The number of hydrogen-bond acceptors (Lipinski definition) is 3. The summed E-state index contributed by atoms with van der Waals surface area (Å²) in [7, 11) is 1.73. The van der Waals surface area contributed by atoms with Crippen molar-refractivity contribution in [3.63, 3.8) is 0 Å². The Bertz CT molecular complexity index is 665. The van der Waals surface area contributed by atoms with E-state index < -0.39 is 0 Å². The van der Waals surface area contributed by atoms with Gasteiger partial charge in [0.05, 0.1) is 13.7 Å². The van der Waals surface area contributed by atoms with Crippen LogP contribution in [0, 0.1) is 0 Å². The Morgan fingerprint density at radius 1 is 1.24 bits per heavy atom. The second-order valence-corrected chi connectivity index (χ2v) is 6.40. The summed E-state index contributed by atoms with van der Waals surface area (Å²) in [5, 5.41) is 4.87. The Balaban J connectivity index is 1.81. The van der Waals surface area contributed by atoms with E-state index in [0.29, 0.717) is 12.0 Å². The molecule has 2 aromatic rings. The van der Waals surface area contributed by atoms with Crippen LogP contribution in [0.4, 0.5) is 0 Å². The molecule has 4 rings (SSSR count). The summed E-state index contributed by atoms with van der Waals surface area (Å²) < 4.78 is 11.8. The first kappa shape index (κ1) is 13.2. The van der Waals surface area contributed by atoms with Crippen molar-refractivity contribution in [2.75, 3.05) is 7.11 Å². The highest BCUT2D eigenvalue weighted by atomic mass is 16.5. The summed E-state index contributed by atoms with van der Waals surface area (Å²) in [6, 6.07) is 5.12. The average molecular weight is 285 g/mol. The Morgan fingerprint density at radius 3 is 2.67 bits per heavy atom. The van der Waals surface area contributed by atoms with Gasteiger partial charge in [0.25, 0.3) is 0 Å². The maximum Gasteiger partial charge on any atom is 0.176 e. The molecule has 0 saturated heterocycles. The van der Waals surface area contributed by atoms with Gasteiger partial charge in [0.15, 0.2) is 11.3 Å². The van der Waals surface area contributed by atoms with Crippen LogP contribution >= 0.6 is 0 Å². The van der Waals surface area contributed by atoms with Gasteiger partial charge in [0.2, 0.25) is 0 Å². The molecule has 112 valence electrons. The van der Waals surface area contributed by atoms with Gasteiger partial charge in [-0.1, -0.05) is 6.92 Å². The molecule has 2 aliphatic rings. The Hall–Kier alpha value is -1.48. The third kappa shape index (κ3) is 2.44. The molecule has 1 aromatic carbocycles. The van der Waals surface area contributed by atoms with Gasteiger partial charge in [-0.25, -0.2) is 0 Å². The molecule has 0 radical (unpaired) electrons. The predicted molar refractivity (Wildman–Crippen MR) is 84.0 cm³/mol. The van der Waals surface area contributed by atoms with Gasteiger partial charge in [-0.15, -0.1) is 0 Å². The number of furan rings is 1. The molecule has 2 fully saturated rings. The smallest absolute Gasteiger partial charge is 0.176 e. The van der Waals surface area contributed by atoms with Gasteiger partial charge >= 0.3 is 0 Å². The number of rotatable bonds is 6. The highest BCUT2D eigenvalue weighted by Gasteiger charge is 2.32. The van der Waals surface area contributed by atoms with E-state index in [1.165, 1.54) is 42.2 Å². The molecular weight excluding hydrogens is 262 g/mol. The molecule has 2 saturated carbocycles. The van der Waals surface area contributed by atoms with E-state index in [2.05, 4.69) is 24.4 Å². The summed E-state index contributed by atoms with van der Waals surface area (Å²) in [5.41, 5.74) is 3.69. The van der Waals surface area contributed by atoms with Crippen molar-refractivity contribution in [1.29, 1.82) is 0 Å². The van der Waals surface area contributed by atoms with Crippen molar-refractivity contribution >= 4 is 11.0 Å². The van der Waals surface area contributed by atoms with E-state index in [9.17, 15) is 0 Å². The number of nitrogens with one attached hydrogen (secondary N) is 1. The zero-order chi connectivity index (χ0) is 14.4. The minimum absolute atomic E-state index is 0.694. The van der Waals surface area contributed by atoms with Crippen LogP contribution in [0.25, 0.3) is 11.0 Å². The van der Waals surface area contributed by atoms with Crippen LogP contribution in [-0.4, -0.2) is 13.2 Å². The molecule has 3 heteroatoms. The molecule has 1 N–H and O–H groups in total. The number of aryl methyl sites for hydroxylation is 1. The van der Waals surface area contributed by atoms with Crippen LogP contribution in [0.15, 0.2) is 16.5 Å². The van der Waals surface area contributed by atoms with E-state index >= 15 is 0 Å². The minimum Gasteiger partial charge on any atom is -0.493 e. The number of hydrogen-bond donors (Lipinski definition) is 1. The van der Waals surface area contributed by atoms with Crippen LogP contribution in [0.1, 0.15) is 55.4 Å². The fraction of sp³-hybridized carbons (Fsp3) is 0.556. The second kappa shape index (κ2) is 5.06. The van der Waals surface area contributed by atoms with Crippen molar-refractivity contribution in [1.82, 2.24) is 5.32 Å². The van der Waals surface area contributed by atoms with Crippen molar-refractivity contribution in [3.05, 3.63) is 29.0 Å². The van der Waals surface area contributed by atoms with Crippen molar-refractivity contribution in [3.8, 4) is 5.75 Å². The van der Waals surface area contributed by atoms with Crippen LogP contribution in [0.5, 0.6) is 5.75 Å². The quantitative estimate of drug-likeness (QED) is 0.866. The topological polar surface area (TPSA) is 34.4 Å².